The summed E-state index contributed by atoms with van der Waals surface area (Å²) in [5.41, 5.74) is 6.41. The van der Waals surface area contributed by atoms with Gasteiger partial charge in [0, 0.05) is 19.2 Å². The summed E-state index contributed by atoms with van der Waals surface area (Å²) in [5.74, 6) is -1.05. The van der Waals surface area contributed by atoms with Gasteiger partial charge >= 0.3 is 0 Å². The zero-order valence-electron chi connectivity index (χ0n) is 10.00. The van der Waals surface area contributed by atoms with Gasteiger partial charge in [0.1, 0.15) is 11.9 Å². The monoisotopic (exact) mass is 240 g/mol. The van der Waals surface area contributed by atoms with Crippen LogP contribution in [0.4, 0.5) is 4.39 Å². The zero-order valence-corrected chi connectivity index (χ0v) is 10.00. The molecule has 0 fully saturated rings. The van der Waals surface area contributed by atoms with Gasteiger partial charge in [-0.1, -0.05) is 17.7 Å². The van der Waals surface area contributed by atoms with Gasteiger partial charge in [-0.2, -0.15) is 0 Å². The van der Waals surface area contributed by atoms with E-state index in [1.807, 2.05) is 6.92 Å². The largest absolute Gasteiger partial charge is 0.383 e. The van der Waals surface area contributed by atoms with Gasteiger partial charge in [-0.15, -0.1) is 0 Å². The van der Waals surface area contributed by atoms with Crippen LogP contribution in [0.1, 0.15) is 17.2 Å². The number of amides is 1. The van der Waals surface area contributed by atoms with Crippen LogP contribution in [-0.4, -0.2) is 26.2 Å². The van der Waals surface area contributed by atoms with E-state index in [4.69, 9.17) is 10.5 Å². The first-order valence-electron chi connectivity index (χ1n) is 5.34. The molecule has 1 amide bonds. The summed E-state index contributed by atoms with van der Waals surface area (Å²) in [6.07, 6.45) is 0. The SMILES string of the molecule is COCCNC(C(N)=O)c1cc(C)ccc1F. The van der Waals surface area contributed by atoms with Crippen molar-refractivity contribution in [2.75, 3.05) is 20.3 Å². The minimum atomic E-state index is -0.829. The lowest BCUT2D eigenvalue weighted by molar-refractivity contribution is -0.120. The standard InChI is InChI=1S/C12H17FN2O2/c1-8-3-4-10(13)9(7-8)11(12(14)16)15-5-6-17-2/h3-4,7,11,15H,5-6H2,1-2H3,(H2,14,16). The average molecular weight is 240 g/mol. The molecule has 0 saturated heterocycles. The maximum Gasteiger partial charge on any atom is 0.239 e. The van der Waals surface area contributed by atoms with E-state index >= 15 is 0 Å². The van der Waals surface area contributed by atoms with Gasteiger partial charge in [-0.3, -0.25) is 10.1 Å². The van der Waals surface area contributed by atoms with Crippen LogP contribution in [0.25, 0.3) is 0 Å². The molecule has 0 aromatic heterocycles. The van der Waals surface area contributed by atoms with Gasteiger partial charge in [0.05, 0.1) is 6.61 Å². The number of carbonyl (C=O) groups excluding carboxylic acids is 1. The van der Waals surface area contributed by atoms with Crippen molar-refractivity contribution < 1.29 is 13.9 Å². The third-order valence-electron chi connectivity index (χ3n) is 2.40. The number of methoxy groups -OCH3 is 1. The number of aryl methyl sites for hydroxylation is 1. The molecule has 17 heavy (non-hydrogen) atoms. The van der Waals surface area contributed by atoms with Crippen LogP contribution in [0.3, 0.4) is 0 Å². The quantitative estimate of drug-likeness (QED) is 0.726. The van der Waals surface area contributed by atoms with Crippen LogP contribution in [0.2, 0.25) is 0 Å². The second kappa shape index (κ2) is 6.32. The van der Waals surface area contributed by atoms with Crippen LogP contribution in [0.5, 0.6) is 0 Å². The first-order valence-corrected chi connectivity index (χ1v) is 5.34. The summed E-state index contributed by atoms with van der Waals surface area (Å²) in [5, 5.41) is 2.86. The molecule has 0 bridgehead atoms. The highest BCUT2D eigenvalue weighted by atomic mass is 19.1. The maximum atomic E-state index is 13.6. The summed E-state index contributed by atoms with van der Waals surface area (Å²) in [7, 11) is 1.55. The molecule has 3 N–H and O–H groups in total. The van der Waals surface area contributed by atoms with Crippen LogP contribution in [0.15, 0.2) is 18.2 Å². The number of primary amides is 1. The lowest BCUT2D eigenvalue weighted by atomic mass is 10.0. The van der Waals surface area contributed by atoms with Gasteiger partial charge in [0.15, 0.2) is 0 Å². The van der Waals surface area contributed by atoms with E-state index in [1.54, 1.807) is 19.2 Å². The number of nitrogens with one attached hydrogen (secondary N) is 1. The fraction of sp³-hybridized carbons (Fsp3) is 0.417. The molecule has 0 aliphatic rings. The Morgan fingerprint density at radius 2 is 2.29 bits per heavy atom. The van der Waals surface area contributed by atoms with E-state index in [9.17, 15) is 9.18 Å². The van der Waals surface area contributed by atoms with Crippen molar-refractivity contribution in [2.45, 2.75) is 13.0 Å². The smallest absolute Gasteiger partial charge is 0.239 e. The molecule has 0 aliphatic carbocycles. The van der Waals surface area contributed by atoms with E-state index < -0.39 is 17.8 Å². The van der Waals surface area contributed by atoms with Crippen molar-refractivity contribution >= 4 is 5.91 Å². The number of rotatable bonds is 6. The minimum absolute atomic E-state index is 0.272. The molecule has 5 heteroatoms. The van der Waals surface area contributed by atoms with Gasteiger partial charge in [0.2, 0.25) is 5.91 Å². The molecular weight excluding hydrogens is 223 g/mol. The van der Waals surface area contributed by atoms with E-state index in [0.29, 0.717) is 13.2 Å². The average Bonchev–Trinajstić information content (AvgIpc) is 2.28. The molecule has 0 aliphatic heterocycles. The highest BCUT2D eigenvalue weighted by Gasteiger charge is 2.20. The number of ether oxygens (including phenoxy) is 1. The number of nitrogens with two attached hydrogens (primary N) is 1. The Morgan fingerprint density at radius 3 is 2.88 bits per heavy atom. The Kier molecular flexibility index (Phi) is 5.06. The van der Waals surface area contributed by atoms with Crippen molar-refractivity contribution in [3.05, 3.63) is 35.1 Å². The molecule has 4 nitrogen and oxygen atoms in total. The normalized spacial score (nSPS) is 12.4. The molecule has 1 aromatic rings. The summed E-state index contributed by atoms with van der Waals surface area (Å²) >= 11 is 0. The van der Waals surface area contributed by atoms with E-state index in [-0.39, 0.29) is 5.56 Å². The minimum Gasteiger partial charge on any atom is -0.383 e. The number of halogens is 1. The Hall–Kier alpha value is -1.46. The predicted molar refractivity (Wildman–Crippen MR) is 63.0 cm³/mol. The number of carbonyl (C=O) groups is 1. The highest BCUT2D eigenvalue weighted by molar-refractivity contribution is 5.81. The second-order valence-electron chi connectivity index (χ2n) is 3.81. The van der Waals surface area contributed by atoms with E-state index in [2.05, 4.69) is 5.32 Å². The number of hydrogen-bond acceptors (Lipinski definition) is 3. The topological polar surface area (TPSA) is 64.3 Å². The molecule has 1 aromatic carbocycles. The summed E-state index contributed by atoms with van der Waals surface area (Å²) < 4.78 is 18.5. The third kappa shape index (κ3) is 3.80. The lowest BCUT2D eigenvalue weighted by Gasteiger charge is -2.16. The summed E-state index contributed by atoms with van der Waals surface area (Å²) in [6.45, 7) is 2.69. The van der Waals surface area contributed by atoms with Gasteiger partial charge in [-0.25, -0.2) is 4.39 Å². The third-order valence-corrected chi connectivity index (χ3v) is 2.40. The van der Waals surface area contributed by atoms with Crippen molar-refractivity contribution in [1.29, 1.82) is 0 Å². The van der Waals surface area contributed by atoms with E-state index in [0.717, 1.165) is 5.56 Å². The Labute approximate surface area is 100.0 Å². The first-order chi connectivity index (χ1) is 8.06. The molecule has 1 rings (SSSR count). The van der Waals surface area contributed by atoms with Gasteiger partial charge < -0.3 is 10.5 Å². The summed E-state index contributed by atoms with van der Waals surface area (Å²) in [6, 6.07) is 3.76. The zero-order chi connectivity index (χ0) is 12.8. The maximum absolute atomic E-state index is 13.6. The van der Waals surface area contributed by atoms with Gasteiger partial charge in [0.25, 0.3) is 0 Å². The van der Waals surface area contributed by atoms with Crippen LogP contribution < -0.4 is 11.1 Å². The molecule has 1 atom stereocenters. The lowest BCUT2D eigenvalue weighted by Crippen LogP contribution is -2.36. The molecule has 0 heterocycles. The molecular formula is C12H17FN2O2. The Morgan fingerprint density at radius 1 is 1.59 bits per heavy atom. The molecule has 0 spiro atoms. The molecule has 94 valence electrons. The number of benzene rings is 1. The number of hydrogen-bond donors (Lipinski definition) is 2. The van der Waals surface area contributed by atoms with Crippen molar-refractivity contribution in [3.63, 3.8) is 0 Å². The van der Waals surface area contributed by atoms with E-state index in [1.165, 1.54) is 6.07 Å². The van der Waals surface area contributed by atoms with Crippen LogP contribution in [-0.2, 0) is 9.53 Å². The fourth-order valence-electron chi connectivity index (χ4n) is 1.55. The van der Waals surface area contributed by atoms with Crippen LogP contribution in [0, 0.1) is 12.7 Å². The fourth-order valence-corrected chi connectivity index (χ4v) is 1.55. The second-order valence-corrected chi connectivity index (χ2v) is 3.81. The van der Waals surface area contributed by atoms with Crippen molar-refractivity contribution in [1.82, 2.24) is 5.32 Å². The summed E-state index contributed by atoms with van der Waals surface area (Å²) in [4.78, 5) is 11.3. The Bertz CT molecular complexity index is 396. The highest BCUT2D eigenvalue weighted by Crippen LogP contribution is 2.18. The predicted octanol–water partition coefficient (Wildman–Crippen LogP) is 0.897. The molecule has 1 unspecified atom stereocenters. The molecule has 0 saturated carbocycles. The van der Waals surface area contributed by atoms with Crippen molar-refractivity contribution in [2.24, 2.45) is 5.73 Å². The Balaban J connectivity index is 2.89. The first kappa shape index (κ1) is 13.6. The van der Waals surface area contributed by atoms with Crippen molar-refractivity contribution in [3.8, 4) is 0 Å². The van der Waals surface area contributed by atoms with Gasteiger partial charge in [-0.05, 0) is 13.0 Å². The molecule has 0 radical (unpaired) electrons. The van der Waals surface area contributed by atoms with Crippen LogP contribution >= 0.6 is 0 Å².